The first kappa shape index (κ1) is 13.0. The van der Waals surface area contributed by atoms with Crippen LogP contribution >= 0.6 is 0 Å². The SMILES string of the molecule is [2H]c1c(C)[n+](C)c(-c2cc(C)ccc2C)c2ccc([N+]#[C-])cc12. The molecule has 0 spiro atoms. The Bertz CT molecular complexity index is 981. The predicted octanol–water partition coefficient (Wildman–Crippen LogP) is 4.81. The first-order valence-electron chi connectivity index (χ1n) is 7.82. The van der Waals surface area contributed by atoms with Crippen molar-refractivity contribution in [3.05, 3.63) is 70.7 Å². The second-order valence-electron chi connectivity index (χ2n) is 5.78. The van der Waals surface area contributed by atoms with Crippen molar-refractivity contribution >= 4 is 16.5 Å². The van der Waals surface area contributed by atoms with Crippen LogP contribution in [0.25, 0.3) is 26.9 Å². The quantitative estimate of drug-likeness (QED) is 0.449. The molecule has 0 N–H and O–H groups in total. The Kier molecular flexibility index (Phi) is 3.12. The number of nitrogens with zero attached hydrogens (tertiary/aromatic N) is 2. The monoisotopic (exact) mass is 288 g/mol. The van der Waals surface area contributed by atoms with Crippen LogP contribution in [0, 0.1) is 27.3 Å². The molecule has 22 heavy (non-hydrogen) atoms. The fourth-order valence-electron chi connectivity index (χ4n) is 2.86. The van der Waals surface area contributed by atoms with Gasteiger partial charge in [-0.3, -0.25) is 0 Å². The lowest BCUT2D eigenvalue weighted by atomic mass is 9.97. The Morgan fingerprint density at radius 3 is 2.59 bits per heavy atom. The molecule has 108 valence electrons. The van der Waals surface area contributed by atoms with E-state index in [1.807, 2.05) is 32.2 Å². The van der Waals surface area contributed by atoms with E-state index in [1.165, 1.54) is 16.7 Å². The molecular formula is C20H19N2+. The van der Waals surface area contributed by atoms with Crippen LogP contribution in [-0.2, 0) is 7.05 Å². The molecule has 3 aromatic rings. The molecule has 2 nitrogen and oxygen atoms in total. The Morgan fingerprint density at radius 1 is 1.09 bits per heavy atom. The zero-order valence-corrected chi connectivity index (χ0v) is 13.4. The Hall–Kier alpha value is -2.66. The molecule has 0 saturated heterocycles. The number of hydrogen-bond donors (Lipinski definition) is 0. The van der Waals surface area contributed by atoms with Crippen molar-refractivity contribution in [3.8, 4) is 11.3 Å². The molecule has 1 heterocycles. The van der Waals surface area contributed by atoms with Gasteiger partial charge in [-0.15, -0.1) is 0 Å². The second kappa shape index (κ2) is 5.27. The molecule has 2 aromatic carbocycles. The highest BCUT2D eigenvalue weighted by atomic mass is 14.9. The van der Waals surface area contributed by atoms with Gasteiger partial charge in [0.1, 0.15) is 7.05 Å². The standard InChI is InChI=1S/C20H19N2/c1-13-6-7-14(2)19(10-13)20-18-9-8-17(21-4)12-16(18)11-15(3)22(20)5/h6-12H,1-3,5H3/q+1/i11D. The molecule has 0 aliphatic heterocycles. The van der Waals surface area contributed by atoms with E-state index < -0.39 is 0 Å². The lowest BCUT2D eigenvalue weighted by Crippen LogP contribution is -2.35. The van der Waals surface area contributed by atoms with Crippen LogP contribution in [0.4, 0.5) is 5.69 Å². The predicted molar refractivity (Wildman–Crippen MR) is 91.0 cm³/mol. The van der Waals surface area contributed by atoms with Gasteiger partial charge in [0.2, 0.25) is 5.69 Å². The largest absolute Gasteiger partial charge is 0.238 e. The molecule has 3 rings (SSSR count). The van der Waals surface area contributed by atoms with E-state index in [0.29, 0.717) is 11.7 Å². The van der Waals surface area contributed by atoms with Crippen LogP contribution in [0.1, 0.15) is 18.2 Å². The fraction of sp³-hybridized carbons (Fsp3) is 0.200. The van der Waals surface area contributed by atoms with Gasteiger partial charge in [-0.05, 0) is 36.9 Å². The third-order valence-corrected chi connectivity index (χ3v) is 4.19. The van der Waals surface area contributed by atoms with Crippen LogP contribution in [0.3, 0.4) is 0 Å². The van der Waals surface area contributed by atoms with E-state index >= 15 is 0 Å². The maximum atomic E-state index is 8.43. The van der Waals surface area contributed by atoms with Gasteiger partial charge in [-0.25, -0.2) is 4.85 Å². The maximum Gasteiger partial charge on any atom is 0.220 e. The highest BCUT2D eigenvalue weighted by molar-refractivity contribution is 5.95. The van der Waals surface area contributed by atoms with Gasteiger partial charge in [-0.2, -0.15) is 4.57 Å². The van der Waals surface area contributed by atoms with Crippen molar-refractivity contribution in [3.63, 3.8) is 0 Å². The summed E-state index contributed by atoms with van der Waals surface area (Å²) in [4.78, 5) is 3.51. The van der Waals surface area contributed by atoms with Crippen molar-refractivity contribution in [2.45, 2.75) is 20.8 Å². The van der Waals surface area contributed by atoms with Crippen LogP contribution in [0.15, 0.2) is 42.4 Å². The number of aromatic nitrogens is 1. The summed E-state index contributed by atoms with van der Waals surface area (Å²) in [6, 6.07) is 12.6. The van der Waals surface area contributed by atoms with Gasteiger partial charge in [0.05, 0.1) is 13.3 Å². The number of aryl methyl sites for hydroxylation is 2. The topological polar surface area (TPSA) is 8.24 Å². The first-order chi connectivity index (χ1) is 10.9. The summed E-state index contributed by atoms with van der Waals surface area (Å²) < 4.78 is 10.5. The summed E-state index contributed by atoms with van der Waals surface area (Å²) >= 11 is 0. The van der Waals surface area contributed by atoms with Crippen LogP contribution in [0.5, 0.6) is 0 Å². The number of hydrogen-bond acceptors (Lipinski definition) is 0. The average molecular weight is 288 g/mol. The highest BCUT2D eigenvalue weighted by Gasteiger charge is 2.19. The molecule has 0 aliphatic carbocycles. The normalized spacial score (nSPS) is 11.3. The molecule has 0 unspecified atom stereocenters. The Balaban J connectivity index is 2.50. The third-order valence-electron chi connectivity index (χ3n) is 4.19. The van der Waals surface area contributed by atoms with Gasteiger partial charge >= 0.3 is 0 Å². The molecule has 0 aliphatic rings. The summed E-state index contributed by atoms with van der Waals surface area (Å²) in [7, 11) is 2.01. The van der Waals surface area contributed by atoms with Gasteiger partial charge in [0.15, 0.2) is 11.4 Å². The van der Waals surface area contributed by atoms with E-state index in [0.717, 1.165) is 22.2 Å². The molecule has 0 atom stereocenters. The average Bonchev–Trinajstić information content (AvgIpc) is 2.55. The van der Waals surface area contributed by atoms with E-state index in [9.17, 15) is 0 Å². The zero-order valence-electron chi connectivity index (χ0n) is 14.4. The van der Waals surface area contributed by atoms with Crippen LogP contribution in [0.2, 0.25) is 0 Å². The second-order valence-corrected chi connectivity index (χ2v) is 5.78. The first-order valence-corrected chi connectivity index (χ1v) is 7.32. The zero-order chi connectivity index (χ0) is 16.7. The highest BCUT2D eigenvalue weighted by Crippen LogP contribution is 2.31. The molecule has 0 amide bonds. The molecule has 0 fully saturated rings. The smallest absolute Gasteiger partial charge is 0.220 e. The summed E-state index contributed by atoms with van der Waals surface area (Å²) in [6.45, 7) is 13.4. The molecular weight excluding hydrogens is 268 g/mol. The van der Waals surface area contributed by atoms with Gasteiger partial charge in [0, 0.05) is 18.5 Å². The number of pyridine rings is 1. The van der Waals surface area contributed by atoms with Crippen molar-refractivity contribution in [2.75, 3.05) is 0 Å². The maximum absolute atomic E-state index is 8.43. The molecule has 2 heteroatoms. The van der Waals surface area contributed by atoms with E-state index in [2.05, 4.69) is 41.5 Å². The minimum Gasteiger partial charge on any atom is -0.238 e. The molecule has 0 radical (unpaired) electrons. The van der Waals surface area contributed by atoms with E-state index in [1.54, 1.807) is 0 Å². The minimum atomic E-state index is 0.488. The lowest BCUT2D eigenvalue weighted by molar-refractivity contribution is -0.665. The lowest BCUT2D eigenvalue weighted by Gasteiger charge is -2.11. The number of fused-ring (bicyclic) bond motifs is 1. The van der Waals surface area contributed by atoms with Crippen LogP contribution < -0.4 is 4.57 Å². The van der Waals surface area contributed by atoms with Crippen molar-refractivity contribution in [2.24, 2.45) is 7.05 Å². The minimum absolute atomic E-state index is 0.488. The van der Waals surface area contributed by atoms with E-state index in [-0.39, 0.29) is 0 Å². The van der Waals surface area contributed by atoms with Gasteiger partial charge in [0.25, 0.3) is 0 Å². The molecule has 0 bridgehead atoms. The fourth-order valence-corrected chi connectivity index (χ4v) is 2.86. The number of benzene rings is 2. The van der Waals surface area contributed by atoms with Crippen molar-refractivity contribution in [1.82, 2.24) is 0 Å². The number of rotatable bonds is 1. The summed E-state index contributed by atoms with van der Waals surface area (Å²) in [5.41, 5.74) is 6.17. The van der Waals surface area contributed by atoms with Crippen LogP contribution in [-0.4, -0.2) is 0 Å². The molecule has 0 saturated carbocycles. The Labute approximate surface area is 132 Å². The summed E-state index contributed by atoms with van der Waals surface area (Å²) in [5.74, 6) is 0. The Morgan fingerprint density at radius 2 is 1.86 bits per heavy atom. The van der Waals surface area contributed by atoms with E-state index in [4.69, 9.17) is 7.94 Å². The summed E-state index contributed by atoms with van der Waals surface area (Å²) in [5, 5.41) is 1.86. The van der Waals surface area contributed by atoms with Gasteiger partial charge in [-0.1, -0.05) is 29.8 Å². The molecule has 1 aromatic heterocycles. The third kappa shape index (κ3) is 2.25. The summed E-state index contributed by atoms with van der Waals surface area (Å²) in [6.07, 6.45) is 0. The van der Waals surface area contributed by atoms with Crippen molar-refractivity contribution in [1.29, 1.82) is 0 Å². The van der Waals surface area contributed by atoms with Crippen molar-refractivity contribution < 1.29 is 5.94 Å². The van der Waals surface area contributed by atoms with Gasteiger partial charge < -0.3 is 0 Å².